The van der Waals surface area contributed by atoms with Crippen molar-refractivity contribution in [2.75, 3.05) is 6.61 Å². The minimum absolute atomic E-state index is 0.240. The molecular weight excluding hydrogens is 260 g/mol. The van der Waals surface area contributed by atoms with E-state index in [1.807, 2.05) is 0 Å². The molecule has 1 saturated carbocycles. The third kappa shape index (κ3) is 8.28. The molecule has 0 bridgehead atoms. The minimum atomic E-state index is -0.240. The molecule has 0 aromatic heterocycles. The van der Waals surface area contributed by atoms with Gasteiger partial charge in [0.15, 0.2) is 0 Å². The Kier molecular flexibility index (Phi) is 9.45. The highest BCUT2D eigenvalue weighted by atomic mass is 16.5. The van der Waals surface area contributed by atoms with Crippen molar-refractivity contribution in [1.29, 1.82) is 0 Å². The Morgan fingerprint density at radius 3 is 2.14 bits per heavy atom. The summed E-state index contributed by atoms with van der Waals surface area (Å²) < 4.78 is 5.20. The van der Waals surface area contributed by atoms with Crippen LogP contribution in [0.25, 0.3) is 0 Å². The molecule has 0 saturated heterocycles. The van der Waals surface area contributed by atoms with E-state index in [4.69, 9.17) is 4.74 Å². The summed E-state index contributed by atoms with van der Waals surface area (Å²) in [4.78, 5) is 11.3. The SMILES string of the molecule is C=C(C)C(=O)OCCC1CCC(CCCCCCC)CC1. The first-order chi connectivity index (χ1) is 10.1. The van der Waals surface area contributed by atoms with Gasteiger partial charge in [0.25, 0.3) is 0 Å². The fourth-order valence-corrected chi connectivity index (χ4v) is 3.29. The van der Waals surface area contributed by atoms with Crippen LogP contribution in [0.3, 0.4) is 0 Å². The number of carbonyl (C=O) groups is 1. The molecule has 0 aromatic rings. The van der Waals surface area contributed by atoms with Gasteiger partial charge in [0.05, 0.1) is 6.61 Å². The fourth-order valence-electron chi connectivity index (χ4n) is 3.29. The second-order valence-corrected chi connectivity index (χ2v) is 6.79. The van der Waals surface area contributed by atoms with Crippen molar-refractivity contribution in [3.63, 3.8) is 0 Å². The first kappa shape index (κ1) is 18.3. The van der Waals surface area contributed by atoms with E-state index in [0.717, 1.165) is 18.3 Å². The molecule has 0 unspecified atom stereocenters. The highest BCUT2D eigenvalue weighted by Crippen LogP contribution is 2.33. The van der Waals surface area contributed by atoms with Crippen molar-refractivity contribution in [3.8, 4) is 0 Å². The largest absolute Gasteiger partial charge is 0.462 e. The van der Waals surface area contributed by atoms with E-state index < -0.39 is 0 Å². The second-order valence-electron chi connectivity index (χ2n) is 6.79. The Labute approximate surface area is 131 Å². The van der Waals surface area contributed by atoms with Gasteiger partial charge in [-0.1, -0.05) is 77.7 Å². The third-order valence-corrected chi connectivity index (χ3v) is 4.79. The summed E-state index contributed by atoms with van der Waals surface area (Å²) in [7, 11) is 0. The lowest BCUT2D eigenvalue weighted by atomic mass is 9.78. The highest BCUT2D eigenvalue weighted by Gasteiger charge is 2.21. The molecule has 21 heavy (non-hydrogen) atoms. The van der Waals surface area contributed by atoms with E-state index >= 15 is 0 Å². The molecule has 0 amide bonds. The van der Waals surface area contributed by atoms with Crippen molar-refractivity contribution >= 4 is 5.97 Å². The van der Waals surface area contributed by atoms with Gasteiger partial charge >= 0.3 is 5.97 Å². The topological polar surface area (TPSA) is 26.3 Å². The van der Waals surface area contributed by atoms with Crippen LogP contribution in [0.1, 0.15) is 84.5 Å². The van der Waals surface area contributed by atoms with E-state index in [0.29, 0.717) is 12.2 Å². The molecule has 0 aromatic carbocycles. The molecule has 0 aliphatic heterocycles. The number of carbonyl (C=O) groups excluding carboxylic acids is 1. The van der Waals surface area contributed by atoms with Crippen molar-refractivity contribution in [3.05, 3.63) is 12.2 Å². The number of ether oxygens (including phenoxy) is 1. The van der Waals surface area contributed by atoms with Crippen LogP contribution in [0.15, 0.2) is 12.2 Å². The molecule has 0 heterocycles. The van der Waals surface area contributed by atoms with E-state index in [2.05, 4.69) is 13.5 Å². The van der Waals surface area contributed by atoms with Crippen molar-refractivity contribution in [2.45, 2.75) is 84.5 Å². The summed E-state index contributed by atoms with van der Waals surface area (Å²) in [6.07, 6.45) is 14.9. The third-order valence-electron chi connectivity index (χ3n) is 4.79. The van der Waals surface area contributed by atoms with Gasteiger partial charge < -0.3 is 4.74 Å². The quantitative estimate of drug-likeness (QED) is 0.295. The van der Waals surface area contributed by atoms with Gasteiger partial charge in [-0.15, -0.1) is 0 Å². The molecule has 1 aliphatic rings. The van der Waals surface area contributed by atoms with E-state index in [1.165, 1.54) is 64.2 Å². The summed E-state index contributed by atoms with van der Waals surface area (Å²) in [5.74, 6) is 1.48. The van der Waals surface area contributed by atoms with Crippen LogP contribution in [0.4, 0.5) is 0 Å². The molecule has 0 atom stereocenters. The normalized spacial score (nSPS) is 22.0. The predicted molar refractivity (Wildman–Crippen MR) is 89.2 cm³/mol. The average Bonchev–Trinajstić information content (AvgIpc) is 2.48. The Morgan fingerprint density at radius 1 is 1.00 bits per heavy atom. The Balaban J connectivity index is 2.01. The van der Waals surface area contributed by atoms with Crippen LogP contribution in [0.5, 0.6) is 0 Å². The van der Waals surface area contributed by atoms with Crippen LogP contribution < -0.4 is 0 Å². The van der Waals surface area contributed by atoms with Crippen LogP contribution >= 0.6 is 0 Å². The highest BCUT2D eigenvalue weighted by molar-refractivity contribution is 5.86. The lowest BCUT2D eigenvalue weighted by molar-refractivity contribution is -0.139. The first-order valence-electron chi connectivity index (χ1n) is 8.96. The molecule has 2 heteroatoms. The minimum Gasteiger partial charge on any atom is -0.462 e. The summed E-state index contributed by atoms with van der Waals surface area (Å²) >= 11 is 0. The van der Waals surface area contributed by atoms with Gasteiger partial charge in [-0.25, -0.2) is 4.79 Å². The fraction of sp³-hybridized carbons (Fsp3) is 0.842. The summed E-state index contributed by atoms with van der Waals surface area (Å²) in [6, 6.07) is 0. The molecule has 0 spiro atoms. The van der Waals surface area contributed by atoms with E-state index in [9.17, 15) is 4.79 Å². The van der Waals surface area contributed by atoms with Crippen LogP contribution in [-0.4, -0.2) is 12.6 Å². The smallest absolute Gasteiger partial charge is 0.333 e. The molecular formula is C19H34O2. The van der Waals surface area contributed by atoms with E-state index in [1.54, 1.807) is 6.92 Å². The maximum Gasteiger partial charge on any atom is 0.333 e. The van der Waals surface area contributed by atoms with Crippen molar-refractivity contribution < 1.29 is 9.53 Å². The van der Waals surface area contributed by atoms with Gasteiger partial charge in [-0.05, 0) is 25.2 Å². The Hall–Kier alpha value is -0.790. The lowest BCUT2D eigenvalue weighted by Gasteiger charge is -2.28. The monoisotopic (exact) mass is 294 g/mol. The zero-order chi connectivity index (χ0) is 15.5. The van der Waals surface area contributed by atoms with Gasteiger partial charge in [0, 0.05) is 5.57 Å². The predicted octanol–water partition coefficient (Wildman–Crippen LogP) is 5.66. The summed E-state index contributed by atoms with van der Waals surface area (Å²) in [5.41, 5.74) is 0.502. The number of rotatable bonds is 10. The standard InChI is InChI=1S/C19H34O2/c1-4-5-6-7-8-9-17-10-12-18(13-11-17)14-15-21-19(20)16(2)3/h17-18H,2,4-15H2,1,3H3. The lowest BCUT2D eigenvalue weighted by Crippen LogP contribution is -2.17. The Bertz CT molecular complexity index is 301. The van der Waals surface area contributed by atoms with Gasteiger partial charge in [0.1, 0.15) is 0 Å². The van der Waals surface area contributed by atoms with Crippen LogP contribution in [-0.2, 0) is 9.53 Å². The van der Waals surface area contributed by atoms with Gasteiger partial charge in [0.2, 0.25) is 0 Å². The summed E-state index contributed by atoms with van der Waals surface area (Å²) in [5, 5.41) is 0. The zero-order valence-corrected chi connectivity index (χ0v) is 14.2. The Morgan fingerprint density at radius 2 is 1.57 bits per heavy atom. The van der Waals surface area contributed by atoms with Crippen molar-refractivity contribution in [1.82, 2.24) is 0 Å². The molecule has 1 aliphatic carbocycles. The number of hydrogen-bond donors (Lipinski definition) is 0. The molecule has 122 valence electrons. The van der Waals surface area contributed by atoms with Gasteiger partial charge in [-0.2, -0.15) is 0 Å². The van der Waals surface area contributed by atoms with Crippen molar-refractivity contribution in [2.24, 2.45) is 11.8 Å². The maximum atomic E-state index is 11.3. The average molecular weight is 294 g/mol. The first-order valence-corrected chi connectivity index (χ1v) is 8.96. The molecule has 2 nitrogen and oxygen atoms in total. The number of esters is 1. The van der Waals surface area contributed by atoms with Gasteiger partial charge in [-0.3, -0.25) is 0 Å². The maximum absolute atomic E-state index is 11.3. The van der Waals surface area contributed by atoms with Crippen LogP contribution in [0.2, 0.25) is 0 Å². The molecule has 1 fully saturated rings. The number of hydrogen-bond acceptors (Lipinski definition) is 2. The molecule has 0 N–H and O–H groups in total. The van der Waals surface area contributed by atoms with Crippen LogP contribution in [0, 0.1) is 11.8 Å². The van der Waals surface area contributed by atoms with E-state index in [-0.39, 0.29) is 5.97 Å². The zero-order valence-electron chi connectivity index (χ0n) is 14.2. The molecule has 1 rings (SSSR count). The number of unbranched alkanes of at least 4 members (excludes halogenated alkanes) is 4. The molecule has 0 radical (unpaired) electrons. The second kappa shape index (κ2) is 10.9. The summed E-state index contributed by atoms with van der Waals surface area (Å²) in [6.45, 7) is 8.15.